The van der Waals surface area contributed by atoms with Gasteiger partial charge < -0.3 is 14.2 Å². The van der Waals surface area contributed by atoms with Crippen LogP contribution in [0.2, 0.25) is 0 Å². The lowest BCUT2D eigenvalue weighted by molar-refractivity contribution is -0.167. The molecule has 6 nitrogen and oxygen atoms in total. The molecule has 0 aliphatic rings. The number of unbranched alkanes of at least 4 members (excludes halogenated alkanes) is 11. The Morgan fingerprint density at radius 1 is 0.260 bits per heavy atom. The molecule has 0 aromatic rings. The summed E-state index contributed by atoms with van der Waals surface area (Å²) in [4.78, 5) is 38.3. The topological polar surface area (TPSA) is 78.9 Å². The van der Waals surface area contributed by atoms with Crippen molar-refractivity contribution in [2.75, 3.05) is 13.2 Å². The Kier molecular flexibility index (Phi) is 58.6. The largest absolute Gasteiger partial charge is 0.462 e. The number of carbonyl (C=O) groups excluding carboxylic acids is 3. The van der Waals surface area contributed by atoms with Crippen LogP contribution in [0, 0.1) is 0 Å². The minimum absolute atomic E-state index is 0.125. The second kappa shape index (κ2) is 63.0. The van der Waals surface area contributed by atoms with Crippen LogP contribution in [0.15, 0.2) is 182 Å². The molecule has 0 radical (unpaired) electrons. The maximum atomic E-state index is 12.9. The Morgan fingerprint density at radius 3 is 0.766 bits per heavy atom. The van der Waals surface area contributed by atoms with Crippen molar-refractivity contribution in [1.29, 1.82) is 0 Å². The van der Waals surface area contributed by atoms with E-state index >= 15 is 0 Å². The standard InChI is InChI=1S/C71H108O6/c1-4-7-10-13-16-19-22-25-28-30-32-33-34-35-36-37-39-40-43-46-49-52-55-58-61-64-70(73)76-67-68(66-75-69(72)63-60-57-54-51-48-45-42-27-24-21-18-15-12-9-6-3)77-71(74)65-62-59-56-53-50-47-44-41-38-31-29-26-23-20-17-14-11-8-5-2/h7-12,16-21,25-29,32-33,35-36,38-42,46,48-49,51,68H,4-6,13-15,22-24,30-31,34,37,43-45,47,50,52-67H2,1-3H3/b10-7-,11-8-,12-9-,19-16-,20-17-,21-18-,28-25-,29-26-,33-32-,36-35-,40-39-,41-38-,42-27-,49-46-,51-48-. The number of carbonyl (C=O) groups is 3. The average Bonchev–Trinajstić information content (AvgIpc) is 3.43. The zero-order valence-corrected chi connectivity index (χ0v) is 48.9. The molecular weight excluding hydrogens is 949 g/mol. The molecule has 0 bridgehead atoms. The van der Waals surface area contributed by atoms with Gasteiger partial charge in [-0.1, -0.05) is 235 Å². The normalized spacial score (nSPS) is 13.4. The first-order chi connectivity index (χ1) is 38.0. The van der Waals surface area contributed by atoms with Gasteiger partial charge in [-0.2, -0.15) is 0 Å². The van der Waals surface area contributed by atoms with Crippen molar-refractivity contribution in [3.05, 3.63) is 182 Å². The lowest BCUT2D eigenvalue weighted by atomic mass is 10.1. The highest BCUT2D eigenvalue weighted by Crippen LogP contribution is 2.13. The fourth-order valence-corrected chi connectivity index (χ4v) is 7.46. The van der Waals surface area contributed by atoms with E-state index in [0.717, 1.165) is 167 Å². The van der Waals surface area contributed by atoms with Crippen LogP contribution < -0.4 is 0 Å². The molecule has 0 saturated heterocycles. The molecule has 0 aromatic heterocycles. The van der Waals surface area contributed by atoms with Crippen molar-refractivity contribution in [3.63, 3.8) is 0 Å². The number of esters is 3. The van der Waals surface area contributed by atoms with Crippen LogP contribution >= 0.6 is 0 Å². The number of allylic oxidation sites excluding steroid dienone is 30. The lowest BCUT2D eigenvalue weighted by Crippen LogP contribution is -2.30. The molecule has 428 valence electrons. The van der Waals surface area contributed by atoms with Gasteiger partial charge in [0.1, 0.15) is 13.2 Å². The predicted octanol–water partition coefficient (Wildman–Crippen LogP) is 20.9. The molecule has 0 aromatic carbocycles. The van der Waals surface area contributed by atoms with Crippen molar-refractivity contribution in [3.8, 4) is 0 Å². The molecule has 0 aliphatic carbocycles. The molecular formula is C71H108O6. The van der Waals surface area contributed by atoms with Gasteiger partial charge in [-0.05, 0) is 154 Å². The Bertz CT molecular complexity index is 1840. The predicted molar refractivity (Wildman–Crippen MR) is 334 cm³/mol. The highest BCUT2D eigenvalue weighted by molar-refractivity contribution is 5.71. The summed E-state index contributed by atoms with van der Waals surface area (Å²) in [6.07, 6.45) is 94.6. The maximum Gasteiger partial charge on any atom is 0.306 e. The summed E-state index contributed by atoms with van der Waals surface area (Å²) in [6, 6.07) is 0. The zero-order valence-electron chi connectivity index (χ0n) is 48.9. The summed E-state index contributed by atoms with van der Waals surface area (Å²) >= 11 is 0. The fraction of sp³-hybridized carbons (Fsp3) is 0.535. The Labute approximate surface area is 472 Å². The van der Waals surface area contributed by atoms with Gasteiger partial charge in [-0.3, -0.25) is 14.4 Å². The summed E-state index contributed by atoms with van der Waals surface area (Å²) in [5.74, 6) is -1.02. The van der Waals surface area contributed by atoms with E-state index in [2.05, 4.69) is 203 Å². The molecule has 0 saturated carbocycles. The third-order valence-electron chi connectivity index (χ3n) is 11.9. The molecule has 0 N–H and O–H groups in total. The third kappa shape index (κ3) is 61.2. The SMILES string of the molecule is CC/C=C\C/C=C\C/C=C\C/C=C\C/C=C\C/C=C\C/C=C\CCCCCC(=O)OCC(COC(=O)CCCC/C=C\C/C=C\C/C=C\C/C=C\CC)OC(=O)CCCCCCCC/C=C\C/C=C\C/C=C\C/C=C\CC. The van der Waals surface area contributed by atoms with E-state index in [4.69, 9.17) is 14.2 Å². The Hall–Kier alpha value is -5.49. The smallest absolute Gasteiger partial charge is 0.306 e. The van der Waals surface area contributed by atoms with Crippen LogP contribution in [0.4, 0.5) is 0 Å². The molecule has 1 atom stereocenters. The number of ether oxygens (including phenoxy) is 3. The fourth-order valence-electron chi connectivity index (χ4n) is 7.46. The van der Waals surface area contributed by atoms with Gasteiger partial charge in [-0.25, -0.2) is 0 Å². The van der Waals surface area contributed by atoms with E-state index in [0.29, 0.717) is 12.8 Å². The molecule has 0 amide bonds. The first-order valence-corrected chi connectivity index (χ1v) is 30.3. The molecule has 6 heteroatoms. The van der Waals surface area contributed by atoms with Crippen LogP contribution in [-0.4, -0.2) is 37.2 Å². The van der Waals surface area contributed by atoms with E-state index in [9.17, 15) is 14.4 Å². The van der Waals surface area contributed by atoms with Gasteiger partial charge in [0.15, 0.2) is 6.10 Å². The van der Waals surface area contributed by atoms with E-state index < -0.39 is 6.10 Å². The van der Waals surface area contributed by atoms with Gasteiger partial charge >= 0.3 is 17.9 Å². The monoisotopic (exact) mass is 1060 g/mol. The second-order valence-corrected chi connectivity index (χ2v) is 19.1. The number of hydrogen-bond acceptors (Lipinski definition) is 6. The molecule has 0 spiro atoms. The quantitative estimate of drug-likeness (QED) is 0.0261. The van der Waals surface area contributed by atoms with E-state index in [-0.39, 0.29) is 44.0 Å². The molecule has 0 fully saturated rings. The summed E-state index contributed by atoms with van der Waals surface area (Å²) in [5, 5.41) is 0. The van der Waals surface area contributed by atoms with Gasteiger partial charge in [-0.15, -0.1) is 0 Å². The van der Waals surface area contributed by atoms with Crippen LogP contribution in [0.25, 0.3) is 0 Å². The zero-order chi connectivity index (χ0) is 55.7. The molecule has 0 rings (SSSR count). The highest BCUT2D eigenvalue weighted by atomic mass is 16.6. The van der Waals surface area contributed by atoms with Crippen molar-refractivity contribution >= 4 is 17.9 Å². The first-order valence-electron chi connectivity index (χ1n) is 30.3. The average molecular weight is 1060 g/mol. The summed E-state index contributed by atoms with van der Waals surface area (Å²) in [5.41, 5.74) is 0. The summed E-state index contributed by atoms with van der Waals surface area (Å²) in [6.45, 7) is 6.20. The van der Waals surface area contributed by atoms with Crippen LogP contribution in [0.3, 0.4) is 0 Å². The van der Waals surface area contributed by atoms with Gasteiger partial charge in [0.25, 0.3) is 0 Å². The van der Waals surface area contributed by atoms with Crippen molar-refractivity contribution in [1.82, 2.24) is 0 Å². The number of rotatable bonds is 52. The molecule has 0 heterocycles. The van der Waals surface area contributed by atoms with E-state index in [1.54, 1.807) is 0 Å². The minimum atomic E-state index is -0.829. The van der Waals surface area contributed by atoms with Crippen LogP contribution in [-0.2, 0) is 28.6 Å². The molecule has 1 unspecified atom stereocenters. The van der Waals surface area contributed by atoms with Crippen LogP contribution in [0.5, 0.6) is 0 Å². The maximum absolute atomic E-state index is 12.9. The lowest BCUT2D eigenvalue weighted by Gasteiger charge is -2.18. The second-order valence-electron chi connectivity index (χ2n) is 19.1. The van der Waals surface area contributed by atoms with Crippen LogP contribution in [0.1, 0.15) is 226 Å². The van der Waals surface area contributed by atoms with Gasteiger partial charge in [0.05, 0.1) is 0 Å². The van der Waals surface area contributed by atoms with Crippen molar-refractivity contribution in [2.24, 2.45) is 0 Å². The van der Waals surface area contributed by atoms with E-state index in [1.807, 2.05) is 0 Å². The Balaban J connectivity index is 4.55. The molecule has 0 aliphatic heterocycles. The van der Waals surface area contributed by atoms with E-state index in [1.165, 1.54) is 12.8 Å². The van der Waals surface area contributed by atoms with Gasteiger partial charge in [0.2, 0.25) is 0 Å². The molecule has 77 heavy (non-hydrogen) atoms. The number of hydrogen-bond donors (Lipinski definition) is 0. The highest BCUT2D eigenvalue weighted by Gasteiger charge is 2.19. The first kappa shape index (κ1) is 71.5. The van der Waals surface area contributed by atoms with Gasteiger partial charge in [0, 0.05) is 19.3 Å². The van der Waals surface area contributed by atoms with Crippen molar-refractivity contribution in [2.45, 2.75) is 232 Å². The third-order valence-corrected chi connectivity index (χ3v) is 11.9. The minimum Gasteiger partial charge on any atom is -0.462 e. The Morgan fingerprint density at radius 2 is 0.468 bits per heavy atom. The van der Waals surface area contributed by atoms with Crippen molar-refractivity contribution < 1.29 is 28.6 Å². The summed E-state index contributed by atoms with van der Waals surface area (Å²) < 4.78 is 16.8. The summed E-state index contributed by atoms with van der Waals surface area (Å²) in [7, 11) is 0.